The zero-order chi connectivity index (χ0) is 13.6. The molecule has 0 bridgehead atoms. The largest absolute Gasteiger partial charge is 0.388 e. The molecule has 2 aromatic heterocycles. The summed E-state index contributed by atoms with van der Waals surface area (Å²) in [4.78, 5) is 4.27. The number of aryl methyl sites for hydroxylation is 1. The van der Waals surface area contributed by atoms with Crippen LogP contribution in [0.2, 0.25) is 0 Å². The van der Waals surface area contributed by atoms with Crippen LogP contribution in [-0.4, -0.2) is 24.9 Å². The van der Waals surface area contributed by atoms with E-state index in [0.29, 0.717) is 5.95 Å². The molecule has 0 aromatic carbocycles. The van der Waals surface area contributed by atoms with Crippen molar-refractivity contribution >= 4 is 0 Å². The van der Waals surface area contributed by atoms with Crippen LogP contribution in [0, 0.1) is 12.3 Å². The van der Waals surface area contributed by atoms with Gasteiger partial charge in [0.15, 0.2) is 0 Å². The first-order valence-electron chi connectivity index (χ1n) is 6.51. The summed E-state index contributed by atoms with van der Waals surface area (Å²) in [6.45, 7) is 6.36. The molecule has 19 heavy (non-hydrogen) atoms. The number of hydrogen-bond acceptors (Lipinski definition) is 4. The third kappa shape index (κ3) is 2.04. The molecule has 0 amide bonds. The van der Waals surface area contributed by atoms with Gasteiger partial charge >= 0.3 is 0 Å². The van der Waals surface area contributed by atoms with Crippen LogP contribution in [-0.2, 0) is 6.42 Å². The van der Waals surface area contributed by atoms with Crippen LogP contribution in [0.5, 0.6) is 0 Å². The summed E-state index contributed by atoms with van der Waals surface area (Å²) < 4.78 is 2.01. The number of aliphatic hydroxyl groups excluding tert-OH is 1. The molecule has 0 saturated carbocycles. The van der Waals surface area contributed by atoms with E-state index in [1.54, 1.807) is 12.4 Å². The van der Waals surface area contributed by atoms with Crippen LogP contribution in [0.15, 0.2) is 18.5 Å². The molecule has 3 rings (SSSR count). The monoisotopic (exact) mass is 258 g/mol. The van der Waals surface area contributed by atoms with Gasteiger partial charge in [0, 0.05) is 17.0 Å². The average molecular weight is 258 g/mol. The molecule has 0 spiro atoms. The summed E-state index contributed by atoms with van der Waals surface area (Å²) in [6, 6.07) is 2.03. The molecule has 2 aromatic rings. The lowest BCUT2D eigenvalue weighted by molar-refractivity contribution is 0.0986. The Morgan fingerprint density at radius 3 is 2.84 bits per heavy atom. The van der Waals surface area contributed by atoms with Crippen molar-refractivity contribution in [2.75, 3.05) is 0 Å². The van der Waals surface area contributed by atoms with Crippen molar-refractivity contribution in [3.63, 3.8) is 0 Å². The van der Waals surface area contributed by atoms with Crippen molar-refractivity contribution in [2.24, 2.45) is 5.41 Å². The predicted octanol–water partition coefficient (Wildman–Crippen LogP) is 1.98. The summed E-state index contributed by atoms with van der Waals surface area (Å²) in [7, 11) is 0. The van der Waals surface area contributed by atoms with Crippen LogP contribution in [0.3, 0.4) is 0 Å². The Morgan fingerprint density at radius 2 is 2.16 bits per heavy atom. The number of aliphatic hydroxyl groups is 1. The van der Waals surface area contributed by atoms with Crippen molar-refractivity contribution < 1.29 is 5.11 Å². The molecule has 5 heteroatoms. The second-order valence-electron chi connectivity index (χ2n) is 6.03. The summed E-state index contributed by atoms with van der Waals surface area (Å²) in [5, 5.41) is 18.3. The average Bonchev–Trinajstić information content (AvgIpc) is 2.65. The predicted molar refractivity (Wildman–Crippen MR) is 71.0 cm³/mol. The van der Waals surface area contributed by atoms with Crippen LogP contribution in [0.1, 0.15) is 43.3 Å². The van der Waals surface area contributed by atoms with Crippen molar-refractivity contribution in [1.82, 2.24) is 19.7 Å². The van der Waals surface area contributed by atoms with Gasteiger partial charge in [0.2, 0.25) is 0 Å². The van der Waals surface area contributed by atoms with Crippen molar-refractivity contribution in [2.45, 2.75) is 39.7 Å². The molecule has 1 N–H and O–H groups in total. The van der Waals surface area contributed by atoms with Crippen molar-refractivity contribution in [3.8, 4) is 5.95 Å². The minimum absolute atomic E-state index is 0.0805. The highest BCUT2D eigenvalue weighted by Gasteiger charge is 2.34. The molecule has 0 fully saturated rings. The summed E-state index contributed by atoms with van der Waals surface area (Å²) in [5.41, 5.74) is 3.23. The standard InChI is InChI=1S/C14H18N4O/c1-9-6-10-11(7-14(2,3)8-12(10)19)18(9)13-15-4-5-16-17-13/h4-6,12,19H,7-8H2,1-3H3. The second-order valence-corrected chi connectivity index (χ2v) is 6.03. The van der Waals surface area contributed by atoms with Gasteiger partial charge in [0.25, 0.3) is 5.95 Å². The van der Waals surface area contributed by atoms with Gasteiger partial charge in [-0.05, 0) is 31.2 Å². The molecule has 100 valence electrons. The number of fused-ring (bicyclic) bond motifs is 1. The molecule has 0 saturated heterocycles. The Morgan fingerprint density at radius 1 is 1.37 bits per heavy atom. The van der Waals surface area contributed by atoms with Gasteiger partial charge in [-0.3, -0.25) is 4.57 Å². The molecule has 0 radical (unpaired) electrons. The van der Waals surface area contributed by atoms with Gasteiger partial charge in [0.1, 0.15) is 0 Å². The van der Waals surface area contributed by atoms with Crippen LogP contribution < -0.4 is 0 Å². The maximum atomic E-state index is 10.3. The summed E-state index contributed by atoms with van der Waals surface area (Å²) in [6.07, 6.45) is 4.49. The van der Waals surface area contributed by atoms with Crippen LogP contribution >= 0.6 is 0 Å². The van der Waals surface area contributed by atoms with E-state index >= 15 is 0 Å². The molecule has 1 aliphatic rings. The minimum Gasteiger partial charge on any atom is -0.388 e. The van der Waals surface area contributed by atoms with E-state index in [1.165, 1.54) is 0 Å². The van der Waals surface area contributed by atoms with Crippen molar-refractivity contribution in [1.29, 1.82) is 0 Å². The molecule has 1 atom stereocenters. The SMILES string of the molecule is Cc1cc2c(n1-c1nccnn1)CC(C)(C)CC2O. The Balaban J connectivity index is 2.18. The zero-order valence-electron chi connectivity index (χ0n) is 11.5. The maximum absolute atomic E-state index is 10.3. The fraction of sp³-hybridized carbons (Fsp3) is 0.500. The van der Waals surface area contributed by atoms with Gasteiger partial charge in [-0.15, -0.1) is 5.10 Å². The lowest BCUT2D eigenvalue weighted by atomic mass is 9.75. The van der Waals surface area contributed by atoms with Gasteiger partial charge < -0.3 is 5.11 Å². The molecule has 0 aliphatic heterocycles. The summed E-state index contributed by atoms with van der Waals surface area (Å²) in [5.74, 6) is 0.575. The second kappa shape index (κ2) is 4.13. The number of aromatic nitrogens is 4. The lowest BCUT2D eigenvalue weighted by Gasteiger charge is -2.33. The zero-order valence-corrected chi connectivity index (χ0v) is 11.5. The molecule has 1 aliphatic carbocycles. The van der Waals surface area contributed by atoms with Gasteiger partial charge in [0.05, 0.1) is 18.5 Å². The Bertz CT molecular complexity index is 603. The first-order valence-corrected chi connectivity index (χ1v) is 6.51. The third-order valence-corrected chi connectivity index (χ3v) is 3.74. The lowest BCUT2D eigenvalue weighted by Crippen LogP contribution is -2.27. The molecular formula is C14H18N4O. The fourth-order valence-electron chi connectivity index (χ4n) is 2.96. The molecule has 5 nitrogen and oxygen atoms in total. The van der Waals surface area contributed by atoms with E-state index in [2.05, 4.69) is 29.0 Å². The van der Waals surface area contributed by atoms with Gasteiger partial charge in [-0.1, -0.05) is 13.8 Å². The van der Waals surface area contributed by atoms with E-state index in [-0.39, 0.29) is 5.41 Å². The maximum Gasteiger partial charge on any atom is 0.253 e. The Hall–Kier alpha value is -1.75. The smallest absolute Gasteiger partial charge is 0.253 e. The Kier molecular flexibility index (Phi) is 2.67. The third-order valence-electron chi connectivity index (χ3n) is 3.74. The highest BCUT2D eigenvalue weighted by atomic mass is 16.3. The van der Waals surface area contributed by atoms with Crippen LogP contribution in [0.25, 0.3) is 5.95 Å². The minimum atomic E-state index is -0.407. The highest BCUT2D eigenvalue weighted by molar-refractivity contribution is 5.38. The highest BCUT2D eigenvalue weighted by Crippen LogP contribution is 2.42. The van der Waals surface area contributed by atoms with Gasteiger partial charge in [-0.2, -0.15) is 5.10 Å². The van der Waals surface area contributed by atoms with Crippen LogP contribution in [0.4, 0.5) is 0 Å². The number of rotatable bonds is 1. The van der Waals surface area contributed by atoms with E-state index < -0.39 is 6.10 Å². The van der Waals surface area contributed by atoms with Gasteiger partial charge in [-0.25, -0.2) is 4.98 Å². The topological polar surface area (TPSA) is 63.8 Å². The van der Waals surface area contributed by atoms with E-state index in [1.807, 2.05) is 17.6 Å². The van der Waals surface area contributed by atoms with E-state index in [9.17, 15) is 5.11 Å². The quantitative estimate of drug-likeness (QED) is 0.849. The van der Waals surface area contributed by atoms with Crippen molar-refractivity contribution in [3.05, 3.63) is 35.4 Å². The van der Waals surface area contributed by atoms with E-state index in [4.69, 9.17) is 0 Å². The molecule has 1 unspecified atom stereocenters. The normalized spacial score (nSPS) is 21.2. The number of nitrogens with zero attached hydrogens (tertiary/aromatic N) is 4. The van der Waals surface area contributed by atoms with E-state index in [0.717, 1.165) is 29.8 Å². The molecule has 2 heterocycles. The number of hydrogen-bond donors (Lipinski definition) is 1. The first-order chi connectivity index (χ1) is 8.98. The first kappa shape index (κ1) is 12.3. The summed E-state index contributed by atoms with van der Waals surface area (Å²) >= 11 is 0. The fourth-order valence-corrected chi connectivity index (χ4v) is 2.96. The Labute approximate surface area is 112 Å². The molecular weight excluding hydrogens is 240 g/mol.